The number of para-hydroxylation sites is 1. The average Bonchev–Trinajstić information content (AvgIpc) is 3.25. The first-order valence-corrected chi connectivity index (χ1v) is 8.77. The summed E-state index contributed by atoms with van der Waals surface area (Å²) in [4.78, 5) is 17.0. The van der Waals surface area contributed by atoms with Gasteiger partial charge < -0.3 is 9.73 Å². The third-order valence-electron chi connectivity index (χ3n) is 4.19. The molecule has 124 valence electrons. The minimum Gasteiger partial charge on any atom is -0.448 e. The summed E-state index contributed by atoms with van der Waals surface area (Å²) in [5, 5.41) is 3.68. The van der Waals surface area contributed by atoms with E-state index in [2.05, 4.69) is 10.3 Å². The van der Waals surface area contributed by atoms with Gasteiger partial charge in [-0.15, -0.1) is 11.3 Å². The van der Waals surface area contributed by atoms with Gasteiger partial charge in [0.2, 0.25) is 0 Å². The van der Waals surface area contributed by atoms with Crippen molar-refractivity contribution in [2.75, 3.05) is 5.32 Å². The van der Waals surface area contributed by atoms with Crippen molar-refractivity contribution in [2.45, 2.75) is 13.8 Å². The van der Waals surface area contributed by atoms with Gasteiger partial charge in [0.05, 0.1) is 10.2 Å². The quantitative estimate of drug-likeness (QED) is 0.537. The minimum atomic E-state index is -0.263. The number of fused-ring (bicyclic) bond motifs is 1. The number of anilines is 1. The van der Waals surface area contributed by atoms with Crippen molar-refractivity contribution in [3.05, 3.63) is 71.5 Å². The molecule has 0 unspecified atom stereocenters. The molecule has 4 nitrogen and oxygen atoms in total. The number of nitrogens with one attached hydrogen (secondary N) is 1. The third-order valence-corrected chi connectivity index (χ3v) is 5.24. The predicted molar refractivity (Wildman–Crippen MR) is 101 cm³/mol. The molecule has 5 heteroatoms. The molecule has 4 rings (SSSR count). The number of carbonyl (C=O) groups is 1. The zero-order chi connectivity index (χ0) is 17.4. The van der Waals surface area contributed by atoms with E-state index in [-0.39, 0.29) is 11.7 Å². The Balaban J connectivity index is 1.60. The molecule has 4 aromatic rings. The Kier molecular flexibility index (Phi) is 3.86. The summed E-state index contributed by atoms with van der Waals surface area (Å²) in [6, 6.07) is 17.2. The summed E-state index contributed by atoms with van der Waals surface area (Å²) >= 11 is 1.55. The van der Waals surface area contributed by atoms with Gasteiger partial charge in [-0.3, -0.25) is 4.79 Å². The van der Waals surface area contributed by atoms with Crippen molar-refractivity contribution in [2.24, 2.45) is 0 Å². The van der Waals surface area contributed by atoms with E-state index in [1.54, 1.807) is 23.5 Å². The van der Waals surface area contributed by atoms with Crippen molar-refractivity contribution in [3.63, 3.8) is 0 Å². The van der Waals surface area contributed by atoms with E-state index in [4.69, 9.17) is 4.42 Å². The summed E-state index contributed by atoms with van der Waals surface area (Å²) < 4.78 is 6.83. The van der Waals surface area contributed by atoms with Gasteiger partial charge in [-0.2, -0.15) is 0 Å². The first-order valence-electron chi connectivity index (χ1n) is 7.95. The van der Waals surface area contributed by atoms with Crippen LogP contribution in [0.15, 0.2) is 59.0 Å². The molecular weight excluding hydrogens is 332 g/mol. The SMILES string of the molecule is Cc1cccc(NC(=O)c2ccc(-c3nc4ccccc4s3)o2)c1C. The molecule has 25 heavy (non-hydrogen) atoms. The van der Waals surface area contributed by atoms with Crippen molar-refractivity contribution < 1.29 is 9.21 Å². The molecule has 2 aromatic heterocycles. The summed E-state index contributed by atoms with van der Waals surface area (Å²) in [6.45, 7) is 4.00. The second-order valence-corrected chi connectivity index (χ2v) is 6.88. The van der Waals surface area contributed by atoms with Gasteiger partial charge >= 0.3 is 0 Å². The molecule has 0 aliphatic heterocycles. The molecule has 2 aromatic carbocycles. The standard InChI is InChI=1S/C20H16N2O2S/c1-12-6-5-8-14(13(12)2)21-19(23)16-10-11-17(24-16)20-22-15-7-3-4-9-18(15)25-20/h3-11H,1-2H3,(H,21,23). The Morgan fingerprint density at radius 3 is 2.72 bits per heavy atom. The zero-order valence-electron chi connectivity index (χ0n) is 13.9. The zero-order valence-corrected chi connectivity index (χ0v) is 14.7. The second kappa shape index (κ2) is 6.18. The Morgan fingerprint density at radius 2 is 1.88 bits per heavy atom. The van der Waals surface area contributed by atoms with Crippen LogP contribution in [0.3, 0.4) is 0 Å². The minimum absolute atomic E-state index is 0.263. The van der Waals surface area contributed by atoms with Gasteiger partial charge in [-0.25, -0.2) is 4.98 Å². The van der Waals surface area contributed by atoms with Gasteiger partial charge in [-0.05, 0) is 55.3 Å². The number of thiazole rings is 1. The Hall–Kier alpha value is -2.92. The lowest BCUT2D eigenvalue weighted by Crippen LogP contribution is -2.12. The third kappa shape index (κ3) is 2.94. The van der Waals surface area contributed by atoms with E-state index in [0.29, 0.717) is 5.76 Å². The van der Waals surface area contributed by atoms with Gasteiger partial charge in [0.25, 0.3) is 5.91 Å². The van der Waals surface area contributed by atoms with Crippen molar-refractivity contribution in [3.8, 4) is 10.8 Å². The number of benzene rings is 2. The lowest BCUT2D eigenvalue weighted by atomic mass is 10.1. The van der Waals surface area contributed by atoms with Crippen molar-refractivity contribution in [1.82, 2.24) is 4.98 Å². The Bertz CT molecular complexity index is 1050. The topological polar surface area (TPSA) is 55.1 Å². The van der Waals surface area contributed by atoms with E-state index >= 15 is 0 Å². The number of hydrogen-bond acceptors (Lipinski definition) is 4. The fourth-order valence-corrected chi connectivity index (χ4v) is 3.55. The van der Waals surface area contributed by atoms with Crippen LogP contribution in [0.5, 0.6) is 0 Å². The molecule has 0 radical (unpaired) electrons. The summed E-state index contributed by atoms with van der Waals surface area (Å²) in [7, 11) is 0. The predicted octanol–water partition coefficient (Wildman–Crippen LogP) is 5.43. The molecule has 0 aliphatic carbocycles. The molecule has 0 fully saturated rings. The highest BCUT2D eigenvalue weighted by Gasteiger charge is 2.16. The summed E-state index contributed by atoms with van der Waals surface area (Å²) in [6.07, 6.45) is 0. The lowest BCUT2D eigenvalue weighted by Gasteiger charge is -2.08. The van der Waals surface area contributed by atoms with Crippen LogP contribution in [0.4, 0.5) is 5.69 Å². The van der Waals surface area contributed by atoms with Gasteiger partial charge in [0, 0.05) is 5.69 Å². The van der Waals surface area contributed by atoms with Crippen LogP contribution in [-0.2, 0) is 0 Å². The van der Waals surface area contributed by atoms with E-state index in [0.717, 1.165) is 32.0 Å². The van der Waals surface area contributed by atoms with Crippen molar-refractivity contribution >= 4 is 33.1 Å². The molecule has 0 saturated carbocycles. The fraction of sp³-hybridized carbons (Fsp3) is 0.100. The number of amides is 1. The molecule has 0 spiro atoms. The van der Waals surface area contributed by atoms with Crippen LogP contribution in [0, 0.1) is 13.8 Å². The van der Waals surface area contributed by atoms with E-state index in [9.17, 15) is 4.79 Å². The van der Waals surface area contributed by atoms with Crippen LogP contribution in [0.1, 0.15) is 21.7 Å². The fourth-order valence-electron chi connectivity index (χ4n) is 2.62. The molecule has 0 atom stereocenters. The van der Waals surface area contributed by atoms with Gasteiger partial charge in [0.1, 0.15) is 0 Å². The highest BCUT2D eigenvalue weighted by molar-refractivity contribution is 7.21. The molecular formula is C20H16N2O2S. The highest BCUT2D eigenvalue weighted by Crippen LogP contribution is 2.31. The first kappa shape index (κ1) is 15.6. The summed E-state index contributed by atoms with van der Waals surface area (Å²) in [5.41, 5.74) is 3.91. The highest BCUT2D eigenvalue weighted by atomic mass is 32.1. The van der Waals surface area contributed by atoms with Gasteiger partial charge in [-0.1, -0.05) is 24.3 Å². The monoisotopic (exact) mass is 348 g/mol. The van der Waals surface area contributed by atoms with Crippen LogP contribution in [-0.4, -0.2) is 10.9 Å². The van der Waals surface area contributed by atoms with Crippen LogP contribution < -0.4 is 5.32 Å². The van der Waals surface area contributed by atoms with E-state index < -0.39 is 0 Å². The molecule has 1 amide bonds. The molecule has 0 bridgehead atoms. The number of aryl methyl sites for hydroxylation is 1. The molecule has 0 saturated heterocycles. The summed E-state index contributed by atoms with van der Waals surface area (Å²) in [5.74, 6) is 0.614. The number of nitrogens with zero attached hydrogens (tertiary/aromatic N) is 1. The number of furan rings is 1. The lowest BCUT2D eigenvalue weighted by molar-refractivity contribution is 0.0997. The second-order valence-electron chi connectivity index (χ2n) is 5.85. The van der Waals surface area contributed by atoms with Crippen LogP contribution in [0.25, 0.3) is 21.0 Å². The van der Waals surface area contributed by atoms with E-state index in [1.165, 1.54) is 0 Å². The number of carbonyl (C=O) groups excluding carboxylic acids is 1. The number of hydrogen-bond donors (Lipinski definition) is 1. The molecule has 2 heterocycles. The normalized spacial score (nSPS) is 11.0. The molecule has 0 aliphatic rings. The molecule has 1 N–H and O–H groups in total. The van der Waals surface area contributed by atoms with Crippen LogP contribution >= 0.6 is 11.3 Å². The Labute approximate surface area is 149 Å². The van der Waals surface area contributed by atoms with Crippen LogP contribution in [0.2, 0.25) is 0 Å². The maximum atomic E-state index is 12.5. The first-order chi connectivity index (χ1) is 12.1. The van der Waals surface area contributed by atoms with E-state index in [1.807, 2.05) is 56.3 Å². The number of rotatable bonds is 3. The smallest absolute Gasteiger partial charge is 0.291 e. The van der Waals surface area contributed by atoms with Gasteiger partial charge in [0.15, 0.2) is 16.5 Å². The largest absolute Gasteiger partial charge is 0.448 e. The number of aromatic nitrogens is 1. The Morgan fingerprint density at radius 1 is 1.04 bits per heavy atom. The average molecular weight is 348 g/mol. The maximum Gasteiger partial charge on any atom is 0.291 e. The van der Waals surface area contributed by atoms with Crippen molar-refractivity contribution in [1.29, 1.82) is 0 Å². The maximum absolute atomic E-state index is 12.5.